The molecule has 3 aromatic rings. The number of hydrogen-bond donors (Lipinski definition) is 1. The molecule has 1 N–H and O–H groups in total. The van der Waals surface area contributed by atoms with Crippen molar-refractivity contribution >= 4 is 5.97 Å². The zero-order valence-corrected chi connectivity index (χ0v) is 21.0. The minimum absolute atomic E-state index is 0.0697. The minimum Gasteiger partial charge on any atom is -0.493 e. The van der Waals surface area contributed by atoms with Gasteiger partial charge in [-0.3, -0.25) is 4.79 Å². The van der Waals surface area contributed by atoms with Gasteiger partial charge in [0.1, 0.15) is 23.9 Å². The predicted octanol–water partition coefficient (Wildman–Crippen LogP) is 5.92. The van der Waals surface area contributed by atoms with Crippen LogP contribution in [0.2, 0.25) is 0 Å². The monoisotopic (exact) mass is 488 g/mol. The largest absolute Gasteiger partial charge is 0.493 e. The van der Waals surface area contributed by atoms with Crippen LogP contribution in [0.3, 0.4) is 0 Å². The van der Waals surface area contributed by atoms with Gasteiger partial charge in [-0.25, -0.2) is 0 Å². The summed E-state index contributed by atoms with van der Waals surface area (Å²) in [7, 11) is 0. The van der Waals surface area contributed by atoms with Gasteiger partial charge in [0.15, 0.2) is 0 Å². The molecule has 6 nitrogen and oxygen atoms in total. The van der Waals surface area contributed by atoms with Crippen LogP contribution in [-0.4, -0.2) is 37.5 Å². The van der Waals surface area contributed by atoms with Gasteiger partial charge >= 0.3 is 5.97 Å². The number of hydrogen-bond acceptors (Lipinski definition) is 5. The Hall–Kier alpha value is -3.51. The van der Waals surface area contributed by atoms with E-state index in [1.807, 2.05) is 18.2 Å². The lowest BCUT2D eigenvalue weighted by molar-refractivity contribution is -0.137. The van der Waals surface area contributed by atoms with E-state index in [1.165, 1.54) is 16.7 Å². The van der Waals surface area contributed by atoms with Crippen LogP contribution in [0, 0.1) is 19.3 Å². The molecule has 36 heavy (non-hydrogen) atoms. The van der Waals surface area contributed by atoms with E-state index < -0.39 is 5.97 Å². The summed E-state index contributed by atoms with van der Waals surface area (Å²) in [6.07, 6.45) is 0.0697. The highest BCUT2D eigenvalue weighted by atomic mass is 16.5. The van der Waals surface area contributed by atoms with Crippen molar-refractivity contribution in [2.24, 2.45) is 5.41 Å². The number of rotatable bonds is 9. The van der Waals surface area contributed by atoms with Gasteiger partial charge in [-0.2, -0.15) is 0 Å². The van der Waals surface area contributed by atoms with E-state index in [2.05, 4.69) is 57.2 Å². The highest BCUT2D eigenvalue weighted by Crippen LogP contribution is 2.38. The lowest BCUT2D eigenvalue weighted by Gasteiger charge is -2.37. The number of benzene rings is 3. The van der Waals surface area contributed by atoms with Crippen molar-refractivity contribution in [2.75, 3.05) is 26.4 Å². The van der Waals surface area contributed by atoms with E-state index in [9.17, 15) is 4.79 Å². The first-order valence-corrected chi connectivity index (χ1v) is 12.3. The molecule has 0 aliphatic carbocycles. The average Bonchev–Trinajstić information content (AvgIpc) is 3.21. The molecule has 2 aliphatic rings. The fourth-order valence-corrected chi connectivity index (χ4v) is 4.96. The topological polar surface area (TPSA) is 74.2 Å². The molecular weight excluding hydrogens is 456 g/mol. The lowest BCUT2D eigenvalue weighted by atomic mass is 9.90. The van der Waals surface area contributed by atoms with Gasteiger partial charge in [0.05, 0.1) is 32.8 Å². The molecule has 0 bridgehead atoms. The first-order valence-electron chi connectivity index (χ1n) is 12.3. The molecule has 188 valence electrons. The number of aryl methyl sites for hydroxylation is 2. The van der Waals surface area contributed by atoms with Gasteiger partial charge in [-0.15, -0.1) is 0 Å². The van der Waals surface area contributed by atoms with Crippen LogP contribution in [-0.2, 0) is 16.1 Å². The summed E-state index contributed by atoms with van der Waals surface area (Å²) in [6.45, 7) is 9.40. The van der Waals surface area contributed by atoms with Crippen molar-refractivity contribution in [1.82, 2.24) is 0 Å². The second kappa shape index (κ2) is 9.86. The summed E-state index contributed by atoms with van der Waals surface area (Å²) < 4.78 is 23.2. The third kappa shape index (κ3) is 5.19. The Bertz CT molecular complexity index is 1250. The molecule has 0 spiro atoms. The maximum absolute atomic E-state index is 11.1. The Kier molecular flexibility index (Phi) is 6.63. The average molecular weight is 489 g/mol. The SMILES string of the molecule is Cc1cc(OCC2(C)COC2)cc(C)c1-c1cccc(COc2ccc3c(c2)OC[C@H]3CC(=O)O)c1. The maximum atomic E-state index is 11.1. The Morgan fingerprint density at radius 2 is 1.81 bits per heavy atom. The lowest BCUT2D eigenvalue weighted by Crippen LogP contribution is -2.44. The third-order valence-corrected chi connectivity index (χ3v) is 6.90. The standard InChI is InChI=1S/C30H32O6/c1-19-9-25(36-18-30(3)16-33-17-30)10-20(2)29(19)22-6-4-5-21(11-22)14-34-24-7-8-26-23(12-28(31)32)15-35-27(26)13-24/h4-11,13,23H,12,14-18H2,1-3H3,(H,31,32)/t23-/m1/s1. The molecule has 2 heterocycles. The molecule has 5 rings (SSSR count). The number of fused-ring (bicyclic) bond motifs is 1. The molecule has 0 aromatic heterocycles. The van der Waals surface area contributed by atoms with Crippen molar-refractivity contribution in [3.63, 3.8) is 0 Å². The molecule has 2 aliphatic heterocycles. The van der Waals surface area contributed by atoms with Gasteiger partial charge < -0.3 is 24.1 Å². The highest BCUT2D eigenvalue weighted by Gasteiger charge is 2.34. The van der Waals surface area contributed by atoms with Gasteiger partial charge in [-0.1, -0.05) is 31.2 Å². The molecule has 0 radical (unpaired) electrons. The number of ether oxygens (including phenoxy) is 4. The van der Waals surface area contributed by atoms with Crippen LogP contribution in [0.1, 0.15) is 41.5 Å². The first kappa shape index (κ1) is 24.2. The quantitative estimate of drug-likeness (QED) is 0.403. The summed E-state index contributed by atoms with van der Waals surface area (Å²) in [6, 6.07) is 18.3. The molecule has 0 amide bonds. The van der Waals surface area contributed by atoms with Crippen molar-refractivity contribution in [3.8, 4) is 28.4 Å². The Morgan fingerprint density at radius 3 is 2.50 bits per heavy atom. The third-order valence-electron chi connectivity index (χ3n) is 6.90. The van der Waals surface area contributed by atoms with Crippen molar-refractivity contribution in [3.05, 3.63) is 76.9 Å². The van der Waals surface area contributed by atoms with Gasteiger partial charge in [0.2, 0.25) is 0 Å². The Morgan fingerprint density at radius 1 is 1.03 bits per heavy atom. The van der Waals surface area contributed by atoms with E-state index in [0.29, 0.717) is 31.3 Å². The predicted molar refractivity (Wildman–Crippen MR) is 137 cm³/mol. The molecule has 0 unspecified atom stereocenters. The van der Waals surface area contributed by atoms with E-state index in [0.717, 1.165) is 35.7 Å². The highest BCUT2D eigenvalue weighted by molar-refractivity contribution is 5.72. The number of aliphatic carboxylic acids is 1. The van der Waals surface area contributed by atoms with Crippen LogP contribution in [0.15, 0.2) is 54.6 Å². The van der Waals surface area contributed by atoms with Crippen LogP contribution in [0.5, 0.6) is 17.2 Å². The van der Waals surface area contributed by atoms with Crippen molar-refractivity contribution < 1.29 is 28.8 Å². The summed E-state index contributed by atoms with van der Waals surface area (Å²) in [5.74, 6) is 1.38. The fraction of sp³-hybridized carbons (Fsp3) is 0.367. The molecule has 1 saturated heterocycles. The summed E-state index contributed by atoms with van der Waals surface area (Å²) >= 11 is 0. The van der Waals surface area contributed by atoms with Crippen LogP contribution < -0.4 is 14.2 Å². The molecular formula is C30H32O6. The van der Waals surface area contributed by atoms with Gasteiger partial charge in [0.25, 0.3) is 0 Å². The number of carbonyl (C=O) groups is 1. The second-order valence-corrected chi connectivity index (χ2v) is 10.3. The number of carboxylic acid groups (broad SMARTS) is 1. The minimum atomic E-state index is -0.817. The Labute approximate surface area is 211 Å². The summed E-state index contributed by atoms with van der Waals surface area (Å²) in [5.41, 5.74) is 6.80. The molecule has 0 saturated carbocycles. The van der Waals surface area contributed by atoms with Gasteiger partial charge in [-0.05, 0) is 65.9 Å². The molecule has 1 atom stereocenters. The van der Waals surface area contributed by atoms with E-state index >= 15 is 0 Å². The summed E-state index contributed by atoms with van der Waals surface area (Å²) in [5, 5.41) is 9.09. The van der Waals surface area contributed by atoms with Crippen molar-refractivity contribution in [1.29, 1.82) is 0 Å². The summed E-state index contributed by atoms with van der Waals surface area (Å²) in [4.78, 5) is 11.1. The van der Waals surface area contributed by atoms with E-state index in [1.54, 1.807) is 0 Å². The maximum Gasteiger partial charge on any atom is 0.304 e. The molecule has 3 aromatic carbocycles. The zero-order valence-electron chi connectivity index (χ0n) is 21.0. The van der Waals surface area contributed by atoms with Crippen molar-refractivity contribution in [2.45, 2.75) is 39.7 Å². The molecule has 6 heteroatoms. The Balaban J connectivity index is 1.26. The van der Waals surface area contributed by atoms with Crippen LogP contribution >= 0.6 is 0 Å². The normalized spacial score (nSPS) is 17.6. The van der Waals surface area contributed by atoms with E-state index in [4.69, 9.17) is 24.1 Å². The first-order chi connectivity index (χ1) is 17.3. The fourth-order valence-electron chi connectivity index (χ4n) is 4.96. The smallest absolute Gasteiger partial charge is 0.304 e. The van der Waals surface area contributed by atoms with Crippen LogP contribution in [0.25, 0.3) is 11.1 Å². The van der Waals surface area contributed by atoms with Gasteiger partial charge in [0, 0.05) is 23.0 Å². The molecule has 1 fully saturated rings. The van der Waals surface area contributed by atoms with Crippen LogP contribution in [0.4, 0.5) is 0 Å². The second-order valence-electron chi connectivity index (χ2n) is 10.3. The van der Waals surface area contributed by atoms with E-state index in [-0.39, 0.29) is 17.8 Å². The zero-order chi connectivity index (χ0) is 25.3. The number of carboxylic acids is 1.